The number of nitrogens with one attached hydrogen (secondary N) is 1. The van der Waals surface area contributed by atoms with Crippen LogP contribution in [0.5, 0.6) is 0 Å². The standard InChI is InChI=1S/C23H22N4OS/c1-14(2)22-26-19(13-29-22)23(28)27-12-10-16-15-7-3-4-8-17(15)25-20(16)21(27)18-9-5-6-11-24-18/h3-9,11,13-14,21,25H,10,12H2,1-2H3/t21-/m0/s1. The van der Waals surface area contributed by atoms with Gasteiger partial charge in [0.05, 0.1) is 10.7 Å². The van der Waals surface area contributed by atoms with Crippen LogP contribution in [0.2, 0.25) is 0 Å². The molecule has 0 saturated carbocycles. The molecule has 0 spiro atoms. The fourth-order valence-electron chi connectivity index (χ4n) is 4.10. The van der Waals surface area contributed by atoms with E-state index in [0.717, 1.165) is 28.3 Å². The Balaban J connectivity index is 1.62. The number of carbonyl (C=O) groups is 1. The zero-order valence-electron chi connectivity index (χ0n) is 16.4. The van der Waals surface area contributed by atoms with Crippen molar-refractivity contribution in [3.8, 4) is 0 Å². The molecule has 3 aromatic heterocycles. The van der Waals surface area contributed by atoms with E-state index in [2.05, 4.69) is 47.0 Å². The van der Waals surface area contributed by atoms with Gasteiger partial charge in [0.15, 0.2) is 0 Å². The van der Waals surface area contributed by atoms with Crippen molar-refractivity contribution < 1.29 is 4.79 Å². The Morgan fingerprint density at radius 2 is 2.03 bits per heavy atom. The van der Waals surface area contributed by atoms with E-state index in [1.54, 1.807) is 17.5 Å². The molecular weight excluding hydrogens is 380 g/mol. The van der Waals surface area contributed by atoms with Gasteiger partial charge in [0.2, 0.25) is 0 Å². The largest absolute Gasteiger partial charge is 0.356 e. The molecule has 1 N–H and O–H groups in total. The summed E-state index contributed by atoms with van der Waals surface area (Å²) in [7, 11) is 0. The van der Waals surface area contributed by atoms with Gasteiger partial charge in [0.25, 0.3) is 5.91 Å². The van der Waals surface area contributed by atoms with E-state index < -0.39 is 0 Å². The SMILES string of the molecule is CC(C)c1nc(C(=O)N2CCc3c([nH]c4ccccc34)[C@@H]2c2ccccn2)cs1. The third kappa shape index (κ3) is 3.04. The number of hydrogen-bond acceptors (Lipinski definition) is 4. The van der Waals surface area contributed by atoms with Crippen molar-refractivity contribution in [2.75, 3.05) is 6.54 Å². The minimum Gasteiger partial charge on any atom is -0.356 e. The van der Waals surface area contributed by atoms with Gasteiger partial charge in [-0.25, -0.2) is 4.98 Å². The van der Waals surface area contributed by atoms with Crippen LogP contribution >= 0.6 is 11.3 Å². The van der Waals surface area contributed by atoms with Crippen molar-refractivity contribution in [2.45, 2.75) is 32.2 Å². The van der Waals surface area contributed by atoms with Gasteiger partial charge < -0.3 is 9.88 Å². The number of benzene rings is 1. The van der Waals surface area contributed by atoms with E-state index in [9.17, 15) is 4.79 Å². The predicted octanol–water partition coefficient (Wildman–Crippen LogP) is 4.93. The quantitative estimate of drug-likeness (QED) is 0.528. The van der Waals surface area contributed by atoms with E-state index in [1.807, 2.05) is 34.5 Å². The molecule has 1 aliphatic rings. The maximum Gasteiger partial charge on any atom is 0.274 e. The van der Waals surface area contributed by atoms with Crippen molar-refractivity contribution >= 4 is 28.1 Å². The molecule has 4 aromatic rings. The van der Waals surface area contributed by atoms with Crippen molar-refractivity contribution in [3.63, 3.8) is 0 Å². The minimum absolute atomic E-state index is 0.0342. The molecule has 0 aliphatic carbocycles. The summed E-state index contributed by atoms with van der Waals surface area (Å²) >= 11 is 1.55. The Hall–Kier alpha value is -2.99. The van der Waals surface area contributed by atoms with Crippen LogP contribution in [0.15, 0.2) is 54.0 Å². The van der Waals surface area contributed by atoms with Crippen LogP contribution in [0.3, 0.4) is 0 Å². The van der Waals surface area contributed by atoms with Crippen LogP contribution in [-0.2, 0) is 6.42 Å². The predicted molar refractivity (Wildman–Crippen MR) is 115 cm³/mol. The van der Waals surface area contributed by atoms with Crippen LogP contribution in [0.4, 0.5) is 0 Å². The number of rotatable bonds is 3. The van der Waals surface area contributed by atoms with Crippen molar-refractivity contribution in [1.82, 2.24) is 19.9 Å². The Kier molecular flexibility index (Phi) is 4.43. The number of aromatic nitrogens is 3. The third-order valence-corrected chi connectivity index (χ3v) is 6.64. The topological polar surface area (TPSA) is 61.9 Å². The molecule has 29 heavy (non-hydrogen) atoms. The highest BCUT2D eigenvalue weighted by Gasteiger charge is 2.36. The molecule has 5 rings (SSSR count). The molecule has 0 bridgehead atoms. The number of carbonyl (C=O) groups excluding carboxylic acids is 1. The molecule has 0 radical (unpaired) electrons. The highest BCUT2D eigenvalue weighted by atomic mass is 32.1. The lowest BCUT2D eigenvalue weighted by Crippen LogP contribution is -2.41. The van der Waals surface area contributed by atoms with E-state index in [4.69, 9.17) is 0 Å². The second-order valence-electron chi connectivity index (χ2n) is 7.69. The average Bonchev–Trinajstić information content (AvgIpc) is 3.38. The lowest BCUT2D eigenvalue weighted by atomic mass is 9.94. The van der Waals surface area contributed by atoms with Crippen LogP contribution in [0.1, 0.15) is 58.3 Å². The molecule has 146 valence electrons. The maximum absolute atomic E-state index is 13.5. The normalized spacial score (nSPS) is 16.4. The van der Waals surface area contributed by atoms with Crippen molar-refractivity contribution in [1.29, 1.82) is 0 Å². The van der Waals surface area contributed by atoms with Gasteiger partial charge in [-0.2, -0.15) is 0 Å². The maximum atomic E-state index is 13.5. The fourth-order valence-corrected chi connectivity index (χ4v) is 4.91. The van der Waals surface area contributed by atoms with E-state index in [-0.39, 0.29) is 11.9 Å². The first-order valence-electron chi connectivity index (χ1n) is 9.90. The van der Waals surface area contributed by atoms with Gasteiger partial charge in [-0.15, -0.1) is 11.3 Å². The monoisotopic (exact) mass is 402 g/mol. The Labute approximate surface area is 173 Å². The highest BCUT2D eigenvalue weighted by molar-refractivity contribution is 7.09. The van der Waals surface area contributed by atoms with E-state index in [0.29, 0.717) is 18.2 Å². The number of thiazole rings is 1. The number of nitrogens with zero attached hydrogens (tertiary/aromatic N) is 3. The molecule has 1 atom stereocenters. The van der Waals surface area contributed by atoms with Gasteiger partial charge in [-0.1, -0.05) is 38.1 Å². The van der Waals surface area contributed by atoms with Crippen LogP contribution in [0, 0.1) is 0 Å². The molecule has 1 aliphatic heterocycles. The number of aromatic amines is 1. The molecule has 4 heterocycles. The summed E-state index contributed by atoms with van der Waals surface area (Å²) in [5, 5.41) is 4.10. The third-order valence-electron chi connectivity index (χ3n) is 5.50. The van der Waals surface area contributed by atoms with E-state index >= 15 is 0 Å². The molecule has 1 aromatic carbocycles. The van der Waals surface area contributed by atoms with Gasteiger partial charge in [-0.3, -0.25) is 9.78 Å². The molecule has 6 heteroatoms. The number of para-hydroxylation sites is 1. The number of hydrogen-bond donors (Lipinski definition) is 1. The van der Waals surface area contributed by atoms with Crippen LogP contribution in [-0.4, -0.2) is 32.3 Å². The highest BCUT2D eigenvalue weighted by Crippen LogP contribution is 2.38. The van der Waals surface area contributed by atoms with Gasteiger partial charge in [0.1, 0.15) is 11.7 Å². The van der Waals surface area contributed by atoms with Crippen molar-refractivity contribution in [3.05, 3.63) is 81.7 Å². The average molecular weight is 403 g/mol. The Morgan fingerprint density at radius 1 is 1.21 bits per heavy atom. The summed E-state index contributed by atoms with van der Waals surface area (Å²) in [4.78, 5) is 28.2. The number of fused-ring (bicyclic) bond motifs is 3. The lowest BCUT2D eigenvalue weighted by Gasteiger charge is -2.35. The van der Waals surface area contributed by atoms with Gasteiger partial charge in [0, 0.05) is 40.6 Å². The molecular formula is C23H22N4OS. The number of amides is 1. The molecule has 1 amide bonds. The van der Waals surface area contributed by atoms with Gasteiger partial charge in [-0.05, 0) is 30.2 Å². The summed E-state index contributed by atoms with van der Waals surface area (Å²) in [5.74, 6) is 0.280. The first kappa shape index (κ1) is 18.1. The first-order valence-corrected chi connectivity index (χ1v) is 10.8. The summed E-state index contributed by atoms with van der Waals surface area (Å²) < 4.78 is 0. The summed E-state index contributed by atoms with van der Waals surface area (Å²) in [6.07, 6.45) is 2.60. The summed E-state index contributed by atoms with van der Waals surface area (Å²) in [5.41, 5.74) is 4.83. The molecule has 0 saturated heterocycles. The minimum atomic E-state index is -0.246. The summed E-state index contributed by atoms with van der Waals surface area (Å²) in [6, 6.07) is 14.0. The summed E-state index contributed by atoms with van der Waals surface area (Å²) in [6.45, 7) is 4.84. The number of H-pyrrole nitrogens is 1. The Morgan fingerprint density at radius 3 is 2.79 bits per heavy atom. The fraction of sp³-hybridized carbons (Fsp3) is 0.261. The molecule has 5 nitrogen and oxygen atoms in total. The Bertz CT molecular complexity index is 1180. The second kappa shape index (κ2) is 7.12. The van der Waals surface area contributed by atoms with Crippen molar-refractivity contribution in [2.24, 2.45) is 0 Å². The van der Waals surface area contributed by atoms with E-state index in [1.165, 1.54) is 10.9 Å². The first-order chi connectivity index (χ1) is 14.1. The van der Waals surface area contributed by atoms with Crippen LogP contribution in [0.25, 0.3) is 10.9 Å². The molecule has 0 unspecified atom stereocenters. The lowest BCUT2D eigenvalue weighted by molar-refractivity contribution is 0.0683. The zero-order valence-corrected chi connectivity index (χ0v) is 17.2. The van der Waals surface area contributed by atoms with Gasteiger partial charge >= 0.3 is 0 Å². The van der Waals surface area contributed by atoms with Crippen LogP contribution < -0.4 is 0 Å². The second-order valence-corrected chi connectivity index (χ2v) is 8.58. The smallest absolute Gasteiger partial charge is 0.274 e. The molecule has 0 fully saturated rings. The zero-order chi connectivity index (χ0) is 20.0. The number of pyridine rings is 1.